The lowest BCUT2D eigenvalue weighted by Gasteiger charge is -2.20. The summed E-state index contributed by atoms with van der Waals surface area (Å²) in [5.74, 6) is -0.0895. The molecule has 0 fully saturated rings. The van der Waals surface area contributed by atoms with Crippen molar-refractivity contribution in [3.63, 3.8) is 0 Å². The third kappa shape index (κ3) is 53.5. The van der Waals surface area contributed by atoms with Crippen molar-refractivity contribution in [3.05, 3.63) is 24.3 Å². The Bertz CT molecular complexity index is 1040. The van der Waals surface area contributed by atoms with Crippen LogP contribution < -0.4 is 5.32 Å². The summed E-state index contributed by atoms with van der Waals surface area (Å²) in [5, 5.41) is 23.2. The molecule has 0 saturated carbocycles. The minimum atomic E-state index is -0.853. The van der Waals surface area contributed by atoms with E-state index in [1.807, 2.05) is 6.08 Å². The lowest BCUT2D eigenvalue weighted by Crippen LogP contribution is -2.45. The number of carbonyl (C=O) groups excluding carboxylic acids is 2. The van der Waals surface area contributed by atoms with Crippen LogP contribution in [0.15, 0.2) is 24.3 Å². The molecule has 0 radical (unpaired) electrons. The van der Waals surface area contributed by atoms with Gasteiger partial charge in [0.1, 0.15) is 0 Å². The third-order valence-corrected chi connectivity index (χ3v) is 14.0. The van der Waals surface area contributed by atoms with Crippen LogP contribution in [0.4, 0.5) is 0 Å². The highest BCUT2D eigenvalue weighted by Crippen LogP contribution is 2.17. The molecule has 0 bridgehead atoms. The predicted octanol–water partition coefficient (Wildman–Crippen LogP) is 18.6. The molecule has 6 heteroatoms. The standard InChI is InChI=1S/C61H117NO5/c1-3-5-7-9-11-13-15-16-17-18-19-20-21-22-23-24-25-26-27-30-34-37-41-45-49-53-59(64)58(57-63)62-60(65)54-50-46-42-38-35-31-28-29-32-36-40-44-48-52-56-67-61(66)55-51-47-43-39-33-14-12-10-8-6-4-2/h10,12,49,53,58-59,63-64H,3-9,11,13-48,50-52,54-57H2,1-2H3,(H,62,65)/b12-10-,53-49+. The van der Waals surface area contributed by atoms with Crippen molar-refractivity contribution in [1.82, 2.24) is 5.32 Å². The maximum absolute atomic E-state index is 12.5. The number of rotatable bonds is 56. The minimum Gasteiger partial charge on any atom is -0.466 e. The molecular weight excluding hydrogens is 827 g/mol. The molecule has 0 aromatic heterocycles. The van der Waals surface area contributed by atoms with Crippen LogP contribution in [-0.4, -0.2) is 47.4 Å². The first kappa shape index (κ1) is 65.3. The highest BCUT2D eigenvalue weighted by molar-refractivity contribution is 5.76. The van der Waals surface area contributed by atoms with E-state index in [1.54, 1.807) is 6.08 Å². The summed E-state index contributed by atoms with van der Waals surface area (Å²) in [4.78, 5) is 24.5. The Kier molecular flexibility index (Phi) is 55.5. The highest BCUT2D eigenvalue weighted by atomic mass is 16.5. The molecule has 0 aromatic carbocycles. The van der Waals surface area contributed by atoms with Crippen LogP contribution >= 0.6 is 0 Å². The van der Waals surface area contributed by atoms with Gasteiger partial charge in [0.25, 0.3) is 0 Å². The lowest BCUT2D eigenvalue weighted by atomic mass is 10.0. The fraction of sp³-hybridized carbons (Fsp3) is 0.902. The van der Waals surface area contributed by atoms with Gasteiger partial charge >= 0.3 is 5.97 Å². The van der Waals surface area contributed by atoms with Crippen molar-refractivity contribution in [1.29, 1.82) is 0 Å². The number of amides is 1. The number of aliphatic hydroxyl groups is 2. The van der Waals surface area contributed by atoms with Gasteiger partial charge in [0.05, 0.1) is 25.4 Å². The molecule has 0 spiro atoms. The molecule has 0 aromatic rings. The highest BCUT2D eigenvalue weighted by Gasteiger charge is 2.18. The molecule has 3 N–H and O–H groups in total. The van der Waals surface area contributed by atoms with Crippen molar-refractivity contribution in [2.24, 2.45) is 0 Å². The Labute approximate surface area is 418 Å². The summed E-state index contributed by atoms with van der Waals surface area (Å²) < 4.78 is 5.45. The van der Waals surface area contributed by atoms with E-state index in [9.17, 15) is 19.8 Å². The number of ether oxygens (including phenoxy) is 1. The number of carbonyl (C=O) groups is 2. The number of hydrogen-bond acceptors (Lipinski definition) is 5. The molecule has 0 saturated heterocycles. The van der Waals surface area contributed by atoms with E-state index in [1.165, 1.54) is 244 Å². The topological polar surface area (TPSA) is 95.9 Å². The Morgan fingerprint density at radius 3 is 1.10 bits per heavy atom. The van der Waals surface area contributed by atoms with E-state index in [4.69, 9.17) is 4.74 Å². The predicted molar refractivity (Wildman–Crippen MR) is 292 cm³/mol. The average Bonchev–Trinajstić information content (AvgIpc) is 3.33. The van der Waals surface area contributed by atoms with Gasteiger partial charge in [-0.1, -0.05) is 289 Å². The van der Waals surface area contributed by atoms with E-state index in [0.717, 1.165) is 57.8 Å². The Hall–Kier alpha value is -1.66. The Morgan fingerprint density at radius 2 is 0.716 bits per heavy atom. The molecule has 0 aliphatic heterocycles. The van der Waals surface area contributed by atoms with Gasteiger partial charge in [-0.15, -0.1) is 0 Å². The van der Waals surface area contributed by atoms with Crippen LogP contribution in [-0.2, 0) is 14.3 Å². The summed E-state index contributed by atoms with van der Waals surface area (Å²) in [6.07, 6.45) is 69.2. The SMILES string of the molecule is CCCC/C=C\CCCCCCCC(=O)OCCCCCCCCCCCCCCCCC(=O)NC(CO)C(O)/C=C/CCCCCCCCCCCCCCCCCCCCCCCCC. The largest absolute Gasteiger partial charge is 0.466 e. The second-order valence-corrected chi connectivity index (χ2v) is 20.7. The van der Waals surface area contributed by atoms with Gasteiger partial charge in [-0.05, 0) is 51.4 Å². The van der Waals surface area contributed by atoms with Crippen LogP contribution in [0.5, 0.6) is 0 Å². The summed E-state index contributed by atoms with van der Waals surface area (Å²) in [6, 6.07) is -0.637. The Morgan fingerprint density at radius 1 is 0.403 bits per heavy atom. The van der Waals surface area contributed by atoms with E-state index in [2.05, 4.69) is 31.3 Å². The molecule has 0 heterocycles. The quantitative estimate of drug-likeness (QED) is 0.0321. The fourth-order valence-corrected chi connectivity index (χ4v) is 9.32. The summed E-state index contributed by atoms with van der Waals surface area (Å²) in [5.41, 5.74) is 0. The van der Waals surface area contributed by atoms with E-state index in [-0.39, 0.29) is 18.5 Å². The fourth-order valence-electron chi connectivity index (χ4n) is 9.32. The maximum Gasteiger partial charge on any atom is 0.305 e. The van der Waals surface area contributed by atoms with Crippen molar-refractivity contribution in [3.8, 4) is 0 Å². The second kappa shape index (κ2) is 56.9. The monoisotopic (exact) mass is 944 g/mol. The molecule has 1 amide bonds. The summed E-state index contributed by atoms with van der Waals surface area (Å²) >= 11 is 0. The number of esters is 1. The maximum atomic E-state index is 12.5. The first-order chi connectivity index (χ1) is 33.0. The van der Waals surface area contributed by atoms with Crippen LogP contribution in [0.25, 0.3) is 0 Å². The van der Waals surface area contributed by atoms with Crippen molar-refractivity contribution >= 4 is 11.9 Å². The van der Waals surface area contributed by atoms with Gasteiger partial charge in [0.2, 0.25) is 5.91 Å². The number of nitrogens with one attached hydrogen (secondary N) is 1. The van der Waals surface area contributed by atoms with Gasteiger partial charge in [-0.2, -0.15) is 0 Å². The molecule has 0 aliphatic rings. The molecule has 2 unspecified atom stereocenters. The summed E-state index contributed by atoms with van der Waals surface area (Å²) in [6.45, 7) is 4.86. The van der Waals surface area contributed by atoms with Gasteiger partial charge in [0, 0.05) is 12.8 Å². The van der Waals surface area contributed by atoms with Crippen LogP contribution in [0, 0.1) is 0 Å². The van der Waals surface area contributed by atoms with E-state index in [0.29, 0.717) is 19.4 Å². The number of unbranched alkanes of at least 4 members (excludes halogenated alkanes) is 43. The van der Waals surface area contributed by atoms with E-state index >= 15 is 0 Å². The molecule has 396 valence electrons. The van der Waals surface area contributed by atoms with Crippen LogP contribution in [0.1, 0.15) is 328 Å². The smallest absolute Gasteiger partial charge is 0.305 e. The minimum absolute atomic E-state index is 0.0139. The molecular formula is C61H117NO5. The Balaban J connectivity index is 3.47. The number of aliphatic hydroxyl groups excluding tert-OH is 2. The third-order valence-electron chi connectivity index (χ3n) is 14.0. The van der Waals surface area contributed by atoms with Gasteiger partial charge in [0.15, 0.2) is 0 Å². The zero-order chi connectivity index (χ0) is 48.6. The molecule has 0 rings (SSSR count). The lowest BCUT2D eigenvalue weighted by molar-refractivity contribution is -0.143. The molecule has 67 heavy (non-hydrogen) atoms. The normalized spacial score (nSPS) is 12.7. The van der Waals surface area contributed by atoms with Gasteiger partial charge in [-0.3, -0.25) is 9.59 Å². The van der Waals surface area contributed by atoms with Crippen molar-refractivity contribution in [2.45, 2.75) is 341 Å². The number of allylic oxidation sites excluding steroid dienone is 3. The first-order valence-electron chi connectivity index (χ1n) is 30.1. The zero-order valence-electron chi connectivity index (χ0n) is 45.1. The summed E-state index contributed by atoms with van der Waals surface area (Å²) in [7, 11) is 0. The molecule has 6 nitrogen and oxygen atoms in total. The van der Waals surface area contributed by atoms with E-state index < -0.39 is 12.1 Å². The molecule has 2 atom stereocenters. The first-order valence-corrected chi connectivity index (χ1v) is 30.1. The van der Waals surface area contributed by atoms with Gasteiger partial charge in [-0.25, -0.2) is 0 Å². The molecule has 0 aliphatic carbocycles. The average molecular weight is 945 g/mol. The zero-order valence-corrected chi connectivity index (χ0v) is 45.1. The van der Waals surface area contributed by atoms with Crippen LogP contribution in [0.3, 0.4) is 0 Å². The van der Waals surface area contributed by atoms with Gasteiger partial charge < -0.3 is 20.3 Å². The van der Waals surface area contributed by atoms with Crippen molar-refractivity contribution < 1.29 is 24.5 Å². The van der Waals surface area contributed by atoms with Crippen LogP contribution in [0.2, 0.25) is 0 Å². The number of hydrogen-bond donors (Lipinski definition) is 3. The van der Waals surface area contributed by atoms with Crippen molar-refractivity contribution in [2.75, 3.05) is 13.2 Å². The second-order valence-electron chi connectivity index (χ2n) is 20.7.